The Balaban J connectivity index is 1.91. The molecule has 0 spiro atoms. The third-order valence-corrected chi connectivity index (χ3v) is 6.92. The fraction of sp³-hybridized carbons (Fsp3) is 0.571. The second-order valence-electron chi connectivity index (χ2n) is 9.14. The van der Waals surface area contributed by atoms with Crippen LogP contribution in [0.4, 0.5) is 0 Å². The van der Waals surface area contributed by atoms with E-state index in [1.54, 1.807) is 7.11 Å². The molecule has 1 heterocycles. The van der Waals surface area contributed by atoms with Crippen LogP contribution in [0.3, 0.4) is 0 Å². The zero-order chi connectivity index (χ0) is 21.9. The molecule has 0 bridgehead atoms. The largest absolute Gasteiger partial charge is 0.497 e. The summed E-state index contributed by atoms with van der Waals surface area (Å²) in [6.45, 7) is 5.43. The molecule has 170 valence electrons. The summed E-state index contributed by atoms with van der Waals surface area (Å²) < 4.78 is 5.38. The zero-order valence-electron chi connectivity index (χ0n) is 19.6. The molecule has 0 aromatic heterocycles. The number of likely N-dealkylation sites (tertiary alicyclic amines) is 1. The van der Waals surface area contributed by atoms with Crippen LogP contribution in [0.1, 0.15) is 81.8 Å². The Bertz CT molecular complexity index is 739. The van der Waals surface area contributed by atoms with Gasteiger partial charge in [-0.15, -0.1) is 0 Å². The molecule has 31 heavy (non-hydrogen) atoms. The van der Waals surface area contributed by atoms with E-state index in [0.717, 1.165) is 43.8 Å². The maximum Gasteiger partial charge on any atom is 0.118 e. The van der Waals surface area contributed by atoms with Crippen LogP contribution < -0.4 is 4.74 Å². The quantitative estimate of drug-likeness (QED) is 0.395. The number of ether oxygens (including phenoxy) is 1. The van der Waals surface area contributed by atoms with Gasteiger partial charge in [-0.2, -0.15) is 0 Å². The van der Waals surface area contributed by atoms with Crippen molar-refractivity contribution in [3.63, 3.8) is 0 Å². The molecule has 3 rings (SSSR count). The third-order valence-electron chi connectivity index (χ3n) is 6.92. The van der Waals surface area contributed by atoms with Gasteiger partial charge in [-0.1, -0.05) is 87.9 Å². The van der Waals surface area contributed by atoms with E-state index in [9.17, 15) is 5.11 Å². The summed E-state index contributed by atoms with van der Waals surface area (Å²) in [4.78, 5) is 2.56. The number of piperidine rings is 1. The van der Waals surface area contributed by atoms with Crippen LogP contribution >= 0.6 is 0 Å². The van der Waals surface area contributed by atoms with E-state index < -0.39 is 5.60 Å². The Hall–Kier alpha value is -1.84. The summed E-state index contributed by atoms with van der Waals surface area (Å²) >= 11 is 0. The van der Waals surface area contributed by atoms with Gasteiger partial charge in [0.25, 0.3) is 0 Å². The zero-order valence-corrected chi connectivity index (χ0v) is 19.6. The summed E-state index contributed by atoms with van der Waals surface area (Å²) in [5.41, 5.74) is 1.35. The Kier molecular flexibility index (Phi) is 9.42. The highest BCUT2D eigenvalue weighted by Gasteiger charge is 2.40. The number of hydrogen-bond donors (Lipinski definition) is 1. The standard InChI is InChI=1S/C28H41NO2/c1-3-4-5-6-11-20-28(30,25-16-18-26(31-2)19-17-25)27(24-14-9-7-10-15-24)23-29-21-12-8-13-22-29/h7,9-10,14-19,27,30H,3-6,8,11-13,20-23H2,1-2H3/t27-,28+/m0/s1. The second kappa shape index (κ2) is 12.3. The molecule has 1 N–H and O–H groups in total. The van der Waals surface area contributed by atoms with Crippen molar-refractivity contribution in [2.24, 2.45) is 0 Å². The fourth-order valence-electron chi connectivity index (χ4n) is 5.02. The number of unbranched alkanes of at least 4 members (excludes halogenated alkanes) is 4. The van der Waals surface area contributed by atoms with Gasteiger partial charge < -0.3 is 14.7 Å². The van der Waals surface area contributed by atoms with E-state index in [1.807, 2.05) is 12.1 Å². The number of hydrogen-bond acceptors (Lipinski definition) is 3. The van der Waals surface area contributed by atoms with E-state index in [1.165, 1.54) is 50.5 Å². The van der Waals surface area contributed by atoms with E-state index in [2.05, 4.69) is 54.3 Å². The number of aliphatic hydroxyl groups is 1. The van der Waals surface area contributed by atoms with Gasteiger partial charge in [0.15, 0.2) is 0 Å². The highest BCUT2D eigenvalue weighted by Crippen LogP contribution is 2.42. The minimum atomic E-state index is -0.892. The molecule has 1 saturated heterocycles. The van der Waals surface area contributed by atoms with Gasteiger partial charge in [0.05, 0.1) is 12.7 Å². The smallest absolute Gasteiger partial charge is 0.118 e. The Morgan fingerprint density at radius 1 is 0.903 bits per heavy atom. The number of benzene rings is 2. The van der Waals surface area contributed by atoms with Crippen LogP contribution in [0, 0.1) is 0 Å². The first-order valence-corrected chi connectivity index (χ1v) is 12.3. The SMILES string of the molecule is CCCCCCC[C@@](O)(c1ccc(OC)cc1)[C@@H](CN1CCCCC1)c1ccccc1. The number of methoxy groups -OCH3 is 1. The topological polar surface area (TPSA) is 32.7 Å². The van der Waals surface area contributed by atoms with E-state index >= 15 is 0 Å². The van der Waals surface area contributed by atoms with Crippen LogP contribution in [0.15, 0.2) is 54.6 Å². The van der Waals surface area contributed by atoms with Gasteiger partial charge in [-0.05, 0) is 55.6 Å². The number of rotatable bonds is 12. The van der Waals surface area contributed by atoms with Gasteiger partial charge in [0.1, 0.15) is 5.75 Å². The maximum atomic E-state index is 12.4. The first-order chi connectivity index (χ1) is 15.2. The lowest BCUT2D eigenvalue weighted by Gasteiger charge is -2.41. The Labute approximate surface area is 189 Å². The molecule has 1 fully saturated rings. The lowest BCUT2D eigenvalue weighted by Crippen LogP contribution is -2.42. The predicted molar refractivity (Wildman–Crippen MR) is 130 cm³/mol. The van der Waals surface area contributed by atoms with E-state index in [0.29, 0.717) is 0 Å². The molecular weight excluding hydrogens is 382 g/mol. The normalized spacial score (nSPS) is 17.8. The summed E-state index contributed by atoms with van der Waals surface area (Å²) in [5, 5.41) is 12.4. The van der Waals surface area contributed by atoms with Gasteiger partial charge in [0, 0.05) is 12.5 Å². The van der Waals surface area contributed by atoms with Gasteiger partial charge in [-0.3, -0.25) is 0 Å². The monoisotopic (exact) mass is 423 g/mol. The molecular formula is C28H41NO2. The highest BCUT2D eigenvalue weighted by atomic mass is 16.5. The van der Waals surface area contributed by atoms with Crippen LogP contribution in [-0.4, -0.2) is 36.8 Å². The summed E-state index contributed by atoms with van der Waals surface area (Å²) in [6, 6.07) is 18.8. The van der Waals surface area contributed by atoms with E-state index in [4.69, 9.17) is 4.74 Å². The molecule has 0 amide bonds. The van der Waals surface area contributed by atoms with Crippen molar-refractivity contribution >= 4 is 0 Å². The van der Waals surface area contributed by atoms with Crippen molar-refractivity contribution in [1.82, 2.24) is 4.90 Å². The third kappa shape index (κ3) is 6.57. The van der Waals surface area contributed by atoms with Crippen LogP contribution in [0.5, 0.6) is 5.75 Å². The average Bonchev–Trinajstić information content (AvgIpc) is 2.83. The Morgan fingerprint density at radius 3 is 2.23 bits per heavy atom. The summed E-state index contributed by atoms with van der Waals surface area (Å²) in [5.74, 6) is 0.882. The van der Waals surface area contributed by atoms with Crippen molar-refractivity contribution in [3.8, 4) is 5.75 Å². The molecule has 0 radical (unpaired) electrons. The first kappa shape index (κ1) is 23.8. The minimum absolute atomic E-state index is 0.0476. The molecule has 2 aromatic rings. The lowest BCUT2D eigenvalue weighted by atomic mass is 9.73. The molecule has 0 aliphatic carbocycles. The second-order valence-corrected chi connectivity index (χ2v) is 9.14. The molecule has 0 saturated carbocycles. The van der Waals surface area contributed by atoms with Crippen molar-refractivity contribution in [2.75, 3.05) is 26.7 Å². The molecule has 2 atom stereocenters. The first-order valence-electron chi connectivity index (χ1n) is 12.3. The molecule has 1 aliphatic heterocycles. The highest BCUT2D eigenvalue weighted by molar-refractivity contribution is 5.35. The van der Waals surface area contributed by atoms with Crippen LogP contribution in [0.25, 0.3) is 0 Å². The summed E-state index contributed by atoms with van der Waals surface area (Å²) in [6.07, 6.45) is 10.6. The molecule has 3 heteroatoms. The van der Waals surface area contributed by atoms with Crippen molar-refractivity contribution in [2.45, 2.75) is 76.2 Å². The van der Waals surface area contributed by atoms with Crippen molar-refractivity contribution < 1.29 is 9.84 Å². The van der Waals surface area contributed by atoms with Gasteiger partial charge in [-0.25, -0.2) is 0 Å². The van der Waals surface area contributed by atoms with Gasteiger partial charge in [0.2, 0.25) is 0 Å². The molecule has 0 unspecified atom stereocenters. The Morgan fingerprint density at radius 2 is 1.58 bits per heavy atom. The van der Waals surface area contributed by atoms with Crippen LogP contribution in [0.2, 0.25) is 0 Å². The van der Waals surface area contributed by atoms with Gasteiger partial charge >= 0.3 is 0 Å². The minimum Gasteiger partial charge on any atom is -0.497 e. The summed E-state index contributed by atoms with van der Waals surface area (Å²) in [7, 11) is 1.69. The molecule has 2 aromatic carbocycles. The van der Waals surface area contributed by atoms with E-state index in [-0.39, 0.29) is 5.92 Å². The predicted octanol–water partition coefficient (Wildman–Crippen LogP) is 6.51. The number of nitrogens with zero attached hydrogens (tertiary/aromatic N) is 1. The van der Waals surface area contributed by atoms with Crippen molar-refractivity contribution in [3.05, 3.63) is 65.7 Å². The van der Waals surface area contributed by atoms with Crippen molar-refractivity contribution in [1.29, 1.82) is 0 Å². The maximum absolute atomic E-state index is 12.4. The molecule has 3 nitrogen and oxygen atoms in total. The lowest BCUT2D eigenvalue weighted by molar-refractivity contribution is -0.0168. The van der Waals surface area contributed by atoms with Crippen LogP contribution in [-0.2, 0) is 5.60 Å². The molecule has 1 aliphatic rings. The average molecular weight is 424 g/mol. The fourth-order valence-corrected chi connectivity index (χ4v) is 5.02.